The Labute approximate surface area is 140 Å². The van der Waals surface area contributed by atoms with Crippen LogP contribution in [0.25, 0.3) is 0 Å². The van der Waals surface area contributed by atoms with Crippen molar-refractivity contribution in [3.63, 3.8) is 0 Å². The van der Waals surface area contributed by atoms with E-state index in [0.29, 0.717) is 17.2 Å². The predicted molar refractivity (Wildman–Crippen MR) is 96.8 cm³/mol. The van der Waals surface area contributed by atoms with Crippen LogP contribution in [0.4, 0.5) is 11.5 Å². The van der Waals surface area contributed by atoms with Gasteiger partial charge in [-0.2, -0.15) is 0 Å². The van der Waals surface area contributed by atoms with Crippen molar-refractivity contribution >= 4 is 17.3 Å². The maximum Gasteiger partial charge on any atom is 0.189 e. The van der Waals surface area contributed by atoms with Crippen LogP contribution in [-0.4, -0.2) is 10.8 Å². The molecular formula is C20H17N3O. The van der Waals surface area contributed by atoms with E-state index < -0.39 is 0 Å². The molecule has 0 radical (unpaired) electrons. The van der Waals surface area contributed by atoms with E-state index in [0.717, 1.165) is 5.69 Å². The highest BCUT2D eigenvalue weighted by molar-refractivity contribution is 6.05. The number of aromatic nitrogens is 1. The third kappa shape index (κ3) is 4.30. The second-order valence-electron chi connectivity index (χ2n) is 5.12. The van der Waals surface area contributed by atoms with Crippen LogP contribution in [0.5, 0.6) is 0 Å². The molecule has 0 aliphatic heterocycles. The molecule has 0 spiro atoms. The number of hydrogen-bond acceptors (Lipinski definition) is 4. The van der Waals surface area contributed by atoms with E-state index in [-0.39, 0.29) is 5.78 Å². The number of rotatable bonds is 6. The molecule has 24 heavy (non-hydrogen) atoms. The largest absolute Gasteiger partial charge is 0.342 e. The smallest absolute Gasteiger partial charge is 0.189 e. The summed E-state index contributed by atoms with van der Waals surface area (Å²) in [7, 11) is 0. The maximum absolute atomic E-state index is 12.5. The molecule has 0 amide bonds. The maximum atomic E-state index is 12.5. The van der Waals surface area contributed by atoms with Crippen molar-refractivity contribution in [3.8, 4) is 0 Å². The number of carbonyl (C=O) groups is 1. The highest BCUT2D eigenvalue weighted by atomic mass is 16.1. The third-order valence-corrected chi connectivity index (χ3v) is 3.31. The van der Waals surface area contributed by atoms with Gasteiger partial charge in [0, 0.05) is 23.5 Å². The summed E-state index contributed by atoms with van der Waals surface area (Å²) in [4.78, 5) is 16.7. The number of benzene rings is 2. The summed E-state index contributed by atoms with van der Waals surface area (Å²) in [5.74, 6) is 1.14. The molecule has 2 N–H and O–H groups in total. The predicted octanol–water partition coefficient (Wildman–Crippen LogP) is 4.33. The summed E-state index contributed by atoms with van der Waals surface area (Å²) in [6.45, 7) is 0. The van der Waals surface area contributed by atoms with E-state index in [2.05, 4.69) is 15.6 Å². The number of pyridine rings is 1. The molecule has 0 fully saturated rings. The van der Waals surface area contributed by atoms with Gasteiger partial charge in [0.15, 0.2) is 5.78 Å². The van der Waals surface area contributed by atoms with Gasteiger partial charge in [0.1, 0.15) is 11.6 Å². The zero-order valence-electron chi connectivity index (χ0n) is 13.0. The summed E-state index contributed by atoms with van der Waals surface area (Å²) < 4.78 is 0. The lowest BCUT2D eigenvalue weighted by atomic mass is 10.1. The molecule has 3 rings (SSSR count). The monoisotopic (exact) mass is 315 g/mol. The first-order valence-corrected chi connectivity index (χ1v) is 7.62. The molecule has 0 saturated heterocycles. The SMILES string of the molecule is O=C(/C=C(/Nc1ccccc1)Nc1ccccn1)c1ccccc1. The molecule has 3 aromatic rings. The van der Waals surface area contributed by atoms with Crippen LogP contribution < -0.4 is 10.6 Å². The van der Waals surface area contributed by atoms with Crippen molar-refractivity contribution in [2.24, 2.45) is 0 Å². The Hall–Kier alpha value is -3.40. The molecule has 4 heteroatoms. The fourth-order valence-electron chi connectivity index (χ4n) is 2.17. The van der Waals surface area contributed by atoms with Gasteiger partial charge >= 0.3 is 0 Å². The number of nitrogens with one attached hydrogen (secondary N) is 2. The topological polar surface area (TPSA) is 54.0 Å². The Balaban J connectivity index is 1.86. The van der Waals surface area contributed by atoms with Gasteiger partial charge in [-0.15, -0.1) is 0 Å². The Morgan fingerprint density at radius 3 is 2.12 bits per heavy atom. The molecule has 0 atom stereocenters. The molecule has 4 nitrogen and oxygen atoms in total. The van der Waals surface area contributed by atoms with Crippen molar-refractivity contribution < 1.29 is 4.79 Å². The third-order valence-electron chi connectivity index (χ3n) is 3.31. The van der Waals surface area contributed by atoms with Gasteiger partial charge < -0.3 is 10.6 Å². The first kappa shape index (κ1) is 15.5. The van der Waals surface area contributed by atoms with E-state index >= 15 is 0 Å². The zero-order valence-corrected chi connectivity index (χ0v) is 13.0. The van der Waals surface area contributed by atoms with Gasteiger partial charge in [-0.1, -0.05) is 54.6 Å². The average molecular weight is 315 g/mol. The lowest BCUT2D eigenvalue weighted by Crippen LogP contribution is -2.13. The number of para-hydroxylation sites is 1. The van der Waals surface area contributed by atoms with E-state index in [4.69, 9.17) is 0 Å². The minimum atomic E-state index is -0.0857. The minimum Gasteiger partial charge on any atom is -0.342 e. The Morgan fingerprint density at radius 1 is 0.792 bits per heavy atom. The van der Waals surface area contributed by atoms with Crippen LogP contribution in [0.3, 0.4) is 0 Å². The average Bonchev–Trinajstić information content (AvgIpc) is 2.64. The summed E-state index contributed by atoms with van der Waals surface area (Å²) in [5.41, 5.74) is 1.51. The summed E-state index contributed by atoms with van der Waals surface area (Å²) in [5, 5.41) is 6.36. The molecule has 1 heterocycles. The molecule has 0 bridgehead atoms. The normalized spacial score (nSPS) is 10.9. The van der Waals surface area contributed by atoms with Gasteiger partial charge in [-0.3, -0.25) is 4.79 Å². The van der Waals surface area contributed by atoms with E-state index in [9.17, 15) is 4.79 Å². The number of anilines is 2. The molecule has 0 unspecified atom stereocenters. The van der Waals surface area contributed by atoms with E-state index in [1.807, 2.05) is 66.7 Å². The zero-order chi connectivity index (χ0) is 16.6. The van der Waals surface area contributed by atoms with Crippen LogP contribution in [-0.2, 0) is 0 Å². The van der Waals surface area contributed by atoms with Crippen molar-refractivity contribution in [2.45, 2.75) is 0 Å². The molecule has 0 saturated carbocycles. The number of hydrogen-bond donors (Lipinski definition) is 2. The number of ketones is 1. The molecule has 2 aromatic carbocycles. The molecule has 0 aliphatic carbocycles. The Kier molecular flexibility index (Phi) is 5.00. The first-order chi connectivity index (χ1) is 11.8. The lowest BCUT2D eigenvalue weighted by molar-refractivity contribution is 0.104. The van der Waals surface area contributed by atoms with Crippen LogP contribution in [0.1, 0.15) is 10.4 Å². The van der Waals surface area contributed by atoms with E-state index in [1.165, 1.54) is 6.08 Å². The fourth-order valence-corrected chi connectivity index (χ4v) is 2.17. The molecule has 0 aliphatic rings. The van der Waals surface area contributed by atoms with E-state index in [1.54, 1.807) is 18.3 Å². The first-order valence-electron chi connectivity index (χ1n) is 7.62. The van der Waals surface area contributed by atoms with Crippen LogP contribution in [0, 0.1) is 0 Å². The summed E-state index contributed by atoms with van der Waals surface area (Å²) in [6.07, 6.45) is 3.23. The van der Waals surface area contributed by atoms with Crippen molar-refractivity contribution in [1.82, 2.24) is 4.98 Å². The molecule has 1 aromatic heterocycles. The van der Waals surface area contributed by atoms with Crippen LogP contribution in [0.2, 0.25) is 0 Å². The lowest BCUT2D eigenvalue weighted by Gasteiger charge is -2.13. The summed E-state index contributed by atoms with van der Waals surface area (Å²) in [6, 6.07) is 24.4. The van der Waals surface area contributed by atoms with Gasteiger partial charge in [-0.05, 0) is 24.3 Å². The van der Waals surface area contributed by atoms with Gasteiger partial charge in [-0.25, -0.2) is 4.98 Å². The number of allylic oxidation sites excluding steroid dienone is 1. The number of carbonyl (C=O) groups excluding carboxylic acids is 1. The standard InChI is InChI=1S/C20H17N3O/c24-18(16-9-3-1-4-10-16)15-20(22-17-11-5-2-6-12-17)23-19-13-7-8-14-21-19/h1-15,22H,(H,21,23)/b20-15-. The molecular weight excluding hydrogens is 298 g/mol. The van der Waals surface area contributed by atoms with Gasteiger partial charge in [0.25, 0.3) is 0 Å². The quantitative estimate of drug-likeness (QED) is 0.525. The highest BCUT2D eigenvalue weighted by Gasteiger charge is 2.06. The van der Waals surface area contributed by atoms with Crippen molar-refractivity contribution in [3.05, 3.63) is 103 Å². The second-order valence-corrected chi connectivity index (χ2v) is 5.12. The van der Waals surface area contributed by atoms with Crippen LogP contribution >= 0.6 is 0 Å². The minimum absolute atomic E-state index is 0.0857. The Morgan fingerprint density at radius 2 is 1.46 bits per heavy atom. The van der Waals surface area contributed by atoms with Gasteiger partial charge in [0.2, 0.25) is 0 Å². The summed E-state index contributed by atoms with van der Waals surface area (Å²) >= 11 is 0. The van der Waals surface area contributed by atoms with Crippen molar-refractivity contribution in [1.29, 1.82) is 0 Å². The van der Waals surface area contributed by atoms with Crippen LogP contribution in [0.15, 0.2) is 97.0 Å². The van der Waals surface area contributed by atoms with Crippen molar-refractivity contribution in [2.75, 3.05) is 10.6 Å². The fraction of sp³-hybridized carbons (Fsp3) is 0. The Bertz CT molecular complexity index is 772. The number of nitrogens with zero attached hydrogens (tertiary/aromatic N) is 1. The van der Waals surface area contributed by atoms with Gasteiger partial charge in [0.05, 0.1) is 0 Å². The second kappa shape index (κ2) is 7.74. The highest BCUT2D eigenvalue weighted by Crippen LogP contribution is 2.13. The molecule has 118 valence electrons.